The van der Waals surface area contributed by atoms with Gasteiger partial charge in [-0.05, 0) is 23.5 Å². The first-order valence-electron chi connectivity index (χ1n) is 5.41. The van der Waals surface area contributed by atoms with E-state index < -0.39 is 0 Å². The predicted molar refractivity (Wildman–Crippen MR) is 66.6 cm³/mol. The minimum atomic E-state index is 0.220. The molecule has 0 radical (unpaired) electrons. The summed E-state index contributed by atoms with van der Waals surface area (Å²) < 4.78 is 0. The van der Waals surface area contributed by atoms with Crippen molar-refractivity contribution in [3.8, 4) is 0 Å². The van der Waals surface area contributed by atoms with Gasteiger partial charge in [-0.2, -0.15) is 0 Å². The minimum Gasteiger partial charge on any atom is -0.398 e. The third-order valence-electron chi connectivity index (χ3n) is 2.61. The Hall–Kier alpha value is -1.31. The number of benzene rings is 1. The van der Waals surface area contributed by atoms with E-state index in [-0.39, 0.29) is 5.92 Å². The quantitative estimate of drug-likeness (QED) is 0.575. The number of rotatable bonds is 3. The van der Waals surface area contributed by atoms with Crippen molar-refractivity contribution in [3.63, 3.8) is 0 Å². The van der Waals surface area contributed by atoms with Gasteiger partial charge in [-0.3, -0.25) is 0 Å². The molecule has 1 rings (SSSR count). The lowest BCUT2D eigenvalue weighted by Gasteiger charge is -2.13. The molecule has 0 saturated carbocycles. The Bertz CT molecular complexity index is 365. The topological polar surface area (TPSA) is 49.9 Å². The molecule has 0 bridgehead atoms. The zero-order valence-corrected chi connectivity index (χ0v) is 9.96. The van der Waals surface area contributed by atoms with E-state index in [4.69, 9.17) is 11.1 Å². The van der Waals surface area contributed by atoms with Crippen LogP contribution >= 0.6 is 0 Å². The van der Waals surface area contributed by atoms with Crippen molar-refractivity contribution < 1.29 is 0 Å². The second kappa shape index (κ2) is 4.47. The highest BCUT2D eigenvalue weighted by atomic mass is 14.6. The molecule has 0 aliphatic carbocycles. The van der Waals surface area contributed by atoms with E-state index >= 15 is 0 Å². The van der Waals surface area contributed by atoms with Gasteiger partial charge in [0.15, 0.2) is 0 Å². The lowest BCUT2D eigenvalue weighted by molar-refractivity contribution is 0.864. The number of nitrogens with one attached hydrogen (secondary N) is 1. The zero-order chi connectivity index (χ0) is 11.6. The fourth-order valence-corrected chi connectivity index (χ4v) is 1.50. The number of nitrogens with two attached hydrogens (primary N) is 1. The fraction of sp³-hybridized carbons (Fsp3) is 0.462. The molecule has 15 heavy (non-hydrogen) atoms. The first-order chi connectivity index (χ1) is 6.93. The zero-order valence-electron chi connectivity index (χ0n) is 9.96. The van der Waals surface area contributed by atoms with Gasteiger partial charge >= 0.3 is 0 Å². The maximum atomic E-state index is 7.92. The first kappa shape index (κ1) is 11.8. The summed E-state index contributed by atoms with van der Waals surface area (Å²) in [6.45, 7) is 8.31. The molecular weight excluding hydrogens is 184 g/mol. The van der Waals surface area contributed by atoms with Crippen LogP contribution in [0.25, 0.3) is 0 Å². The summed E-state index contributed by atoms with van der Waals surface area (Å²) in [5.74, 6) is 0.701. The predicted octanol–water partition coefficient (Wildman–Crippen LogP) is 3.42. The number of hydrogen-bond donors (Lipinski definition) is 2. The Morgan fingerprint density at radius 1 is 1.20 bits per heavy atom. The highest BCUT2D eigenvalue weighted by Gasteiger charge is 2.10. The van der Waals surface area contributed by atoms with Crippen molar-refractivity contribution in [2.75, 3.05) is 5.73 Å². The van der Waals surface area contributed by atoms with E-state index in [1.165, 1.54) is 5.56 Å². The Labute approximate surface area is 92.0 Å². The molecule has 1 aromatic carbocycles. The first-order valence-corrected chi connectivity index (χ1v) is 5.41. The lowest BCUT2D eigenvalue weighted by atomic mass is 9.94. The van der Waals surface area contributed by atoms with Crippen LogP contribution in [0.1, 0.15) is 44.7 Å². The third-order valence-corrected chi connectivity index (χ3v) is 2.61. The number of anilines is 1. The maximum Gasteiger partial charge on any atom is 0.0432 e. The maximum absolute atomic E-state index is 7.92. The summed E-state index contributed by atoms with van der Waals surface area (Å²) in [6.07, 6.45) is 0. The molecule has 3 N–H and O–H groups in total. The van der Waals surface area contributed by atoms with Gasteiger partial charge in [-0.1, -0.05) is 39.8 Å². The molecule has 2 heteroatoms. The SMILES string of the molecule is CC(C)C(=N)c1ccc(C(C)C)cc1N. The fourth-order valence-electron chi connectivity index (χ4n) is 1.50. The molecule has 2 nitrogen and oxygen atoms in total. The molecule has 0 atom stereocenters. The summed E-state index contributed by atoms with van der Waals surface area (Å²) in [7, 11) is 0. The van der Waals surface area contributed by atoms with Gasteiger partial charge in [0.05, 0.1) is 0 Å². The Morgan fingerprint density at radius 3 is 2.20 bits per heavy atom. The summed E-state index contributed by atoms with van der Waals surface area (Å²) >= 11 is 0. The van der Waals surface area contributed by atoms with E-state index in [0.717, 1.165) is 11.3 Å². The Morgan fingerprint density at radius 2 is 1.80 bits per heavy atom. The molecule has 0 aliphatic heterocycles. The van der Waals surface area contributed by atoms with Gasteiger partial charge in [0.25, 0.3) is 0 Å². The van der Waals surface area contributed by atoms with Gasteiger partial charge in [-0.25, -0.2) is 0 Å². The van der Waals surface area contributed by atoms with Crippen LogP contribution in [-0.4, -0.2) is 5.71 Å². The molecule has 0 saturated heterocycles. The monoisotopic (exact) mass is 204 g/mol. The highest BCUT2D eigenvalue weighted by molar-refractivity contribution is 6.03. The third kappa shape index (κ3) is 2.58. The second-order valence-electron chi connectivity index (χ2n) is 4.57. The van der Waals surface area contributed by atoms with E-state index in [1.54, 1.807) is 0 Å². The van der Waals surface area contributed by atoms with E-state index in [0.29, 0.717) is 11.6 Å². The molecule has 0 spiro atoms. The van der Waals surface area contributed by atoms with Crippen LogP contribution in [0.15, 0.2) is 18.2 Å². The molecule has 0 aliphatic rings. The van der Waals surface area contributed by atoms with Gasteiger partial charge in [0, 0.05) is 17.0 Å². The second-order valence-corrected chi connectivity index (χ2v) is 4.57. The number of hydrogen-bond acceptors (Lipinski definition) is 2. The normalized spacial score (nSPS) is 11.1. The molecule has 0 fully saturated rings. The number of nitrogen functional groups attached to an aromatic ring is 1. The summed E-state index contributed by atoms with van der Waals surface area (Å²) in [4.78, 5) is 0. The van der Waals surface area contributed by atoms with Crippen molar-refractivity contribution >= 4 is 11.4 Å². The van der Waals surface area contributed by atoms with Gasteiger partial charge < -0.3 is 11.1 Å². The summed E-state index contributed by atoms with van der Waals surface area (Å²) in [6, 6.07) is 6.01. The Kier molecular flexibility index (Phi) is 3.51. The van der Waals surface area contributed by atoms with Crippen molar-refractivity contribution in [1.29, 1.82) is 5.41 Å². The molecule has 0 heterocycles. The standard InChI is InChI=1S/C13H20N2/c1-8(2)10-5-6-11(12(14)7-10)13(15)9(3)4/h5-9,15H,14H2,1-4H3. The smallest absolute Gasteiger partial charge is 0.0432 e. The van der Waals surface area contributed by atoms with Crippen molar-refractivity contribution in [3.05, 3.63) is 29.3 Å². The van der Waals surface area contributed by atoms with Crippen LogP contribution < -0.4 is 5.73 Å². The molecule has 0 unspecified atom stereocenters. The minimum absolute atomic E-state index is 0.220. The van der Waals surface area contributed by atoms with Crippen molar-refractivity contribution in [2.45, 2.75) is 33.6 Å². The van der Waals surface area contributed by atoms with Crippen LogP contribution in [0.4, 0.5) is 5.69 Å². The van der Waals surface area contributed by atoms with Gasteiger partial charge in [0.1, 0.15) is 0 Å². The largest absolute Gasteiger partial charge is 0.398 e. The van der Waals surface area contributed by atoms with E-state index in [9.17, 15) is 0 Å². The lowest BCUT2D eigenvalue weighted by Crippen LogP contribution is -2.10. The summed E-state index contributed by atoms with van der Waals surface area (Å²) in [5.41, 5.74) is 9.39. The van der Waals surface area contributed by atoms with Crippen LogP contribution in [-0.2, 0) is 0 Å². The van der Waals surface area contributed by atoms with E-state index in [1.807, 2.05) is 26.0 Å². The van der Waals surface area contributed by atoms with Crippen LogP contribution in [0, 0.1) is 11.3 Å². The average Bonchev–Trinajstić information content (AvgIpc) is 2.16. The molecule has 1 aromatic rings. The molecular formula is C13H20N2. The van der Waals surface area contributed by atoms with Crippen LogP contribution in [0.2, 0.25) is 0 Å². The molecule has 0 aromatic heterocycles. The van der Waals surface area contributed by atoms with Gasteiger partial charge in [0.2, 0.25) is 0 Å². The van der Waals surface area contributed by atoms with Crippen molar-refractivity contribution in [2.24, 2.45) is 5.92 Å². The average molecular weight is 204 g/mol. The Balaban J connectivity index is 3.08. The van der Waals surface area contributed by atoms with Crippen molar-refractivity contribution in [1.82, 2.24) is 0 Å². The highest BCUT2D eigenvalue weighted by Crippen LogP contribution is 2.22. The van der Waals surface area contributed by atoms with Gasteiger partial charge in [-0.15, -0.1) is 0 Å². The van der Waals surface area contributed by atoms with Crippen LogP contribution in [0.3, 0.4) is 0 Å². The van der Waals surface area contributed by atoms with Crippen LogP contribution in [0.5, 0.6) is 0 Å². The summed E-state index contributed by atoms with van der Waals surface area (Å²) in [5, 5.41) is 7.92. The molecule has 82 valence electrons. The molecule has 0 amide bonds. The van der Waals surface area contributed by atoms with E-state index in [2.05, 4.69) is 19.9 Å².